The van der Waals surface area contributed by atoms with Gasteiger partial charge in [-0.1, -0.05) is 6.07 Å². The minimum Gasteiger partial charge on any atom is -0.478 e. The summed E-state index contributed by atoms with van der Waals surface area (Å²) < 4.78 is 96.1. The molecule has 1 aromatic carbocycles. The average Bonchev–Trinajstić information content (AvgIpc) is 3.57. The van der Waals surface area contributed by atoms with Gasteiger partial charge in [-0.05, 0) is 76.0 Å². The highest BCUT2D eigenvalue weighted by Gasteiger charge is 2.72. The van der Waals surface area contributed by atoms with Crippen LogP contribution in [0.5, 0.6) is 0 Å². The first kappa shape index (κ1) is 47.0. The number of halogens is 6. The topological polar surface area (TPSA) is 176 Å². The summed E-state index contributed by atoms with van der Waals surface area (Å²) in [7, 11) is 0. The van der Waals surface area contributed by atoms with Crippen LogP contribution in [0.4, 0.5) is 26.3 Å². The van der Waals surface area contributed by atoms with Gasteiger partial charge in [0.05, 0.1) is 65.8 Å². The van der Waals surface area contributed by atoms with Gasteiger partial charge in [-0.15, -0.1) is 11.3 Å². The van der Waals surface area contributed by atoms with E-state index in [1.165, 1.54) is 22.0 Å². The van der Waals surface area contributed by atoms with Crippen LogP contribution in [0, 0.1) is 22.2 Å². The van der Waals surface area contributed by atoms with E-state index < -0.39 is 76.1 Å². The molecular weight excluding hydrogens is 913 g/mol. The molecule has 2 bridgehead atoms. The number of carboxylic acids is 1. The number of thiazole rings is 1. The zero-order valence-electron chi connectivity index (χ0n) is 36.6. The molecule has 5 aliphatic heterocycles. The predicted octanol–water partition coefficient (Wildman–Crippen LogP) is 5.60. The van der Waals surface area contributed by atoms with Crippen LogP contribution in [0.25, 0.3) is 0 Å². The van der Waals surface area contributed by atoms with Gasteiger partial charge in [0.25, 0.3) is 5.91 Å². The molecule has 7 fully saturated rings. The Balaban J connectivity index is 0.950. The number of piperidine rings is 1. The van der Waals surface area contributed by atoms with Crippen molar-refractivity contribution in [2.45, 2.75) is 101 Å². The average molecular weight is 964 g/mol. The number of alkyl halides is 6. The van der Waals surface area contributed by atoms with E-state index in [-0.39, 0.29) is 80.0 Å². The molecular formula is C45H51F6N7O8S. The van der Waals surface area contributed by atoms with Gasteiger partial charge in [0.2, 0.25) is 17.7 Å². The van der Waals surface area contributed by atoms with Crippen molar-refractivity contribution in [1.29, 1.82) is 0 Å². The largest absolute Gasteiger partial charge is 0.478 e. The maximum absolute atomic E-state index is 14.8. The summed E-state index contributed by atoms with van der Waals surface area (Å²) in [5.74, 6) is -5.23. The summed E-state index contributed by atoms with van der Waals surface area (Å²) in [4.78, 5) is 77.5. The second-order valence-corrected chi connectivity index (χ2v) is 20.4. The predicted molar refractivity (Wildman–Crippen MR) is 225 cm³/mol. The number of carbonyl (C=O) groups excluding carboxylic acids is 4. The molecule has 1 unspecified atom stereocenters. The third-order valence-electron chi connectivity index (χ3n) is 15.0. The van der Waals surface area contributed by atoms with Crippen LogP contribution in [0.1, 0.15) is 101 Å². The highest BCUT2D eigenvalue weighted by atomic mass is 32.1. The number of nitrogens with one attached hydrogen (secondary N) is 1. The molecule has 1 spiro atoms. The van der Waals surface area contributed by atoms with Crippen molar-refractivity contribution >= 4 is 40.9 Å². The van der Waals surface area contributed by atoms with Crippen LogP contribution in [0.2, 0.25) is 0 Å². The van der Waals surface area contributed by atoms with Crippen molar-refractivity contribution in [2.24, 2.45) is 22.2 Å². The number of amides is 4. The number of carbonyl (C=O) groups is 5. The Bertz CT molecular complexity index is 2370. The molecule has 7 aliphatic rings. The van der Waals surface area contributed by atoms with Crippen LogP contribution in [0.3, 0.4) is 0 Å². The smallest absolute Gasteiger partial charge is 0.416 e. The Labute approximate surface area is 385 Å². The van der Waals surface area contributed by atoms with Crippen molar-refractivity contribution in [3.05, 3.63) is 69.4 Å². The van der Waals surface area contributed by atoms with Crippen molar-refractivity contribution in [3.63, 3.8) is 0 Å². The Kier molecular flexibility index (Phi) is 12.2. The number of nitrogens with zero attached hydrogens (tertiary/aromatic N) is 6. The Morgan fingerprint density at radius 2 is 1.67 bits per heavy atom. The number of benzene rings is 1. The first-order valence-corrected chi connectivity index (χ1v) is 23.4. The molecule has 4 amide bonds. The number of aromatic nitrogens is 3. The van der Waals surface area contributed by atoms with E-state index in [4.69, 9.17) is 9.47 Å². The van der Waals surface area contributed by atoms with Crippen molar-refractivity contribution < 1.29 is 64.9 Å². The molecule has 2 aliphatic carbocycles. The molecule has 0 radical (unpaired) electrons. The SMILES string of the molecule is C[C@@H](OCC12CCC(CC1)OC2)C(NC(=O)[C@@H]1CN(C(=O)c2cnn(Cc3ccc(C(F)(F)F)cc3C(=O)O)c2)CC12CN(C(=O)C1(C(F)(F)F)CC1)C2)C(=O)N1CCC(c2nccs2)CC1. The van der Waals surface area contributed by atoms with Crippen LogP contribution in [0.15, 0.2) is 42.2 Å². The second-order valence-electron chi connectivity index (χ2n) is 19.4. The summed E-state index contributed by atoms with van der Waals surface area (Å²) >= 11 is 1.55. The van der Waals surface area contributed by atoms with Gasteiger partial charge in [0.1, 0.15) is 11.5 Å². The summed E-state index contributed by atoms with van der Waals surface area (Å²) in [6.07, 6.45) is -1.75. The Morgan fingerprint density at radius 1 is 0.970 bits per heavy atom. The van der Waals surface area contributed by atoms with E-state index in [1.54, 1.807) is 29.4 Å². The maximum atomic E-state index is 14.8. The van der Waals surface area contributed by atoms with Gasteiger partial charge in [-0.3, -0.25) is 23.9 Å². The molecule has 3 atom stereocenters. The number of hydrogen-bond donors (Lipinski definition) is 2. The number of carboxylic acid groups (broad SMARTS) is 1. The third-order valence-corrected chi connectivity index (χ3v) is 16.0. The normalized spacial score (nSPS) is 25.4. The lowest BCUT2D eigenvalue weighted by atomic mass is 9.70. The molecule has 10 rings (SSSR count). The quantitative estimate of drug-likeness (QED) is 0.205. The number of aromatic carboxylic acids is 1. The Hall–Kier alpha value is -5.09. The first-order valence-electron chi connectivity index (χ1n) is 22.5. The lowest BCUT2D eigenvalue weighted by Crippen LogP contribution is -2.67. The molecule has 2 saturated carbocycles. The van der Waals surface area contributed by atoms with Crippen LogP contribution in [-0.4, -0.2) is 141 Å². The molecule has 362 valence electrons. The monoisotopic (exact) mass is 963 g/mol. The first-order chi connectivity index (χ1) is 31.7. The van der Waals surface area contributed by atoms with Gasteiger partial charge in [0.15, 0.2) is 0 Å². The van der Waals surface area contributed by atoms with E-state index in [0.717, 1.165) is 47.7 Å². The summed E-state index contributed by atoms with van der Waals surface area (Å²) in [6, 6.07) is 1.09. The van der Waals surface area contributed by atoms with Gasteiger partial charge in [-0.2, -0.15) is 31.4 Å². The van der Waals surface area contributed by atoms with Crippen LogP contribution >= 0.6 is 11.3 Å². The number of likely N-dealkylation sites (tertiary alicyclic amines) is 3. The standard InChI is InChI=1S/C45H51F6N7O8S/c1-26(65-24-41-8-4-31(5-9-41)66-25-41)34(38(61)55-13-6-27(7-14-55)36-52-12-15-67-36)54-35(59)33-20-56(21-42(33)22-57(23-42)40(64)43(10-11-43)45(49,50)51)37(60)29-17-53-58(19-29)18-28-2-3-30(44(46,47)48)16-32(28)39(62)63/h2-3,12,15-17,19,26-27,31,33-34H,4-11,13-14,18,20-25H2,1H3,(H,54,59)(H,62,63)/t26-,31?,33+,34?,41?/m1/s1. The fraction of sp³-hybridized carbons (Fsp3) is 0.622. The number of hydrogen-bond acceptors (Lipinski definition) is 10. The highest BCUT2D eigenvalue weighted by molar-refractivity contribution is 7.09. The fourth-order valence-corrected chi connectivity index (χ4v) is 11.5. The maximum Gasteiger partial charge on any atom is 0.416 e. The number of rotatable bonds is 13. The zero-order chi connectivity index (χ0) is 47.7. The third kappa shape index (κ3) is 9.04. The molecule has 3 aromatic rings. The lowest BCUT2D eigenvalue weighted by molar-refractivity contribution is -0.205. The van der Waals surface area contributed by atoms with Gasteiger partial charge in [0, 0.05) is 73.8 Å². The van der Waals surface area contributed by atoms with E-state index in [9.17, 15) is 55.4 Å². The molecule has 7 heterocycles. The summed E-state index contributed by atoms with van der Waals surface area (Å²) in [5.41, 5.74) is -5.72. The minimum atomic E-state index is -4.79. The molecule has 2 aromatic heterocycles. The van der Waals surface area contributed by atoms with Gasteiger partial charge in [-0.25, -0.2) is 9.78 Å². The van der Waals surface area contributed by atoms with E-state index >= 15 is 0 Å². The highest BCUT2D eigenvalue weighted by Crippen LogP contribution is 2.60. The Morgan fingerprint density at radius 3 is 2.27 bits per heavy atom. The van der Waals surface area contributed by atoms with Crippen LogP contribution in [-0.2, 0) is 36.6 Å². The van der Waals surface area contributed by atoms with E-state index in [0.29, 0.717) is 45.2 Å². The van der Waals surface area contributed by atoms with Crippen molar-refractivity contribution in [1.82, 2.24) is 34.8 Å². The minimum absolute atomic E-state index is 0.0161. The summed E-state index contributed by atoms with van der Waals surface area (Å²) in [5, 5.41) is 19.7. The van der Waals surface area contributed by atoms with Crippen molar-refractivity contribution in [2.75, 3.05) is 52.5 Å². The van der Waals surface area contributed by atoms with E-state index in [1.807, 2.05) is 5.38 Å². The molecule has 15 nitrogen and oxygen atoms in total. The fourth-order valence-electron chi connectivity index (χ4n) is 10.7. The zero-order valence-corrected chi connectivity index (χ0v) is 37.4. The second kappa shape index (κ2) is 17.5. The number of fused-ring (bicyclic) bond motifs is 3. The molecule has 5 saturated heterocycles. The van der Waals surface area contributed by atoms with E-state index in [2.05, 4.69) is 15.4 Å². The number of ether oxygens (including phenoxy) is 2. The molecule has 67 heavy (non-hydrogen) atoms. The van der Waals surface area contributed by atoms with Gasteiger partial charge >= 0.3 is 18.3 Å². The lowest BCUT2D eigenvalue weighted by Gasteiger charge is -2.51. The van der Waals surface area contributed by atoms with Crippen LogP contribution < -0.4 is 5.32 Å². The molecule has 2 N–H and O–H groups in total. The molecule has 22 heteroatoms. The summed E-state index contributed by atoms with van der Waals surface area (Å²) in [6.45, 7) is 2.14. The van der Waals surface area contributed by atoms with Crippen molar-refractivity contribution in [3.8, 4) is 0 Å². The van der Waals surface area contributed by atoms with Gasteiger partial charge < -0.3 is 34.6 Å².